The van der Waals surface area contributed by atoms with Crippen molar-refractivity contribution in [3.63, 3.8) is 0 Å². The fourth-order valence-corrected chi connectivity index (χ4v) is 6.30. The van der Waals surface area contributed by atoms with Crippen LogP contribution in [0.5, 0.6) is 11.5 Å². The Morgan fingerprint density at radius 1 is 1.12 bits per heavy atom. The standard InChI is InChI=1S/C27H27N9O11S2/c1-27(2,24(42)43)47-35-15(12-8-49-25(28)33-12)20(40)34-17-21(41)36-22(46-26(44)45)9(7-48-23(17)36)6-30-19(39)16-18(29-3)32-11-5-14(38)13(37)4-10(11)31-16/h4-5,8,17,23,37-38H,6-7H2,1-3H3,(H2,28,33)(H,29,32)(H,30,39)(H,34,40)(H,42,43)(H,44,45)/b35-15-/t17?,23-/m0/s1. The van der Waals surface area contributed by atoms with E-state index in [1.165, 1.54) is 32.3 Å². The number of hydrogen-bond donors (Lipinski definition) is 8. The predicted octanol–water partition coefficient (Wildman–Crippen LogP) is 0.441. The van der Waals surface area contributed by atoms with Crippen LogP contribution in [-0.4, -0.2) is 112 Å². The predicted molar refractivity (Wildman–Crippen MR) is 172 cm³/mol. The van der Waals surface area contributed by atoms with Crippen LogP contribution in [0.25, 0.3) is 11.0 Å². The van der Waals surface area contributed by atoms with Gasteiger partial charge in [0, 0.05) is 42.4 Å². The summed E-state index contributed by atoms with van der Waals surface area (Å²) in [6, 6.07) is 1.10. The number of carbonyl (C=O) groups excluding carboxylic acids is 3. The van der Waals surface area contributed by atoms with Gasteiger partial charge in [0.2, 0.25) is 11.5 Å². The molecule has 3 aromatic rings. The normalized spacial score (nSPS) is 17.6. The number of phenols is 2. The van der Waals surface area contributed by atoms with E-state index >= 15 is 0 Å². The maximum atomic E-state index is 13.3. The number of oxime groups is 1. The Kier molecular flexibility index (Phi) is 9.35. The highest BCUT2D eigenvalue weighted by atomic mass is 32.2. The summed E-state index contributed by atoms with van der Waals surface area (Å²) >= 11 is 2.11. The van der Waals surface area contributed by atoms with Crippen molar-refractivity contribution in [2.75, 3.05) is 30.4 Å². The molecule has 2 aliphatic heterocycles. The van der Waals surface area contributed by atoms with Crippen molar-refractivity contribution in [3.8, 4) is 11.5 Å². The maximum absolute atomic E-state index is 13.3. The zero-order valence-corrected chi connectivity index (χ0v) is 27.2. The Hall–Kier alpha value is -5.90. The van der Waals surface area contributed by atoms with Gasteiger partial charge in [0.25, 0.3) is 17.7 Å². The van der Waals surface area contributed by atoms with E-state index in [0.717, 1.165) is 34.1 Å². The van der Waals surface area contributed by atoms with E-state index in [1.54, 1.807) is 0 Å². The summed E-state index contributed by atoms with van der Waals surface area (Å²) in [5.74, 6) is -4.98. The van der Waals surface area contributed by atoms with Crippen molar-refractivity contribution in [3.05, 3.63) is 40.4 Å². The summed E-state index contributed by atoms with van der Waals surface area (Å²) in [7, 11) is 1.49. The minimum absolute atomic E-state index is 0.0404. The van der Waals surface area contributed by atoms with Gasteiger partial charge in [0.15, 0.2) is 33.9 Å². The van der Waals surface area contributed by atoms with E-state index in [-0.39, 0.29) is 57.1 Å². The van der Waals surface area contributed by atoms with E-state index in [1.807, 2.05) is 0 Å². The molecule has 3 amide bonds. The quantitative estimate of drug-likeness (QED) is 0.0439. The molecule has 1 unspecified atom stereocenters. The number of aromatic nitrogens is 3. The molecule has 9 N–H and O–H groups in total. The number of hydrogen-bond acceptors (Lipinski definition) is 17. The van der Waals surface area contributed by atoms with Crippen LogP contribution in [0.4, 0.5) is 15.7 Å². The topological polar surface area (TPSA) is 301 Å². The summed E-state index contributed by atoms with van der Waals surface area (Å²) in [5, 5.41) is 50.5. The first kappa shape index (κ1) is 34.4. The Bertz CT molecular complexity index is 1960. The number of nitrogens with two attached hydrogens (primary N) is 1. The van der Waals surface area contributed by atoms with E-state index in [0.29, 0.717) is 0 Å². The number of aromatic hydroxyl groups is 2. The second kappa shape index (κ2) is 13.3. The van der Waals surface area contributed by atoms with Crippen LogP contribution in [0.3, 0.4) is 0 Å². The third-order valence-electron chi connectivity index (χ3n) is 7.00. The number of benzene rings is 1. The van der Waals surface area contributed by atoms with Crippen LogP contribution < -0.4 is 21.7 Å². The fourth-order valence-electron chi connectivity index (χ4n) is 4.43. The molecule has 0 radical (unpaired) electrons. The maximum Gasteiger partial charge on any atom is 0.512 e. The number of nitrogens with one attached hydrogen (secondary N) is 3. The zero-order valence-electron chi connectivity index (χ0n) is 25.6. The van der Waals surface area contributed by atoms with E-state index < -0.39 is 64.1 Å². The monoisotopic (exact) mass is 717 g/mol. The fraction of sp³-hybridized carbons (Fsp3) is 0.296. The van der Waals surface area contributed by atoms with Gasteiger partial charge >= 0.3 is 12.1 Å². The Morgan fingerprint density at radius 3 is 2.39 bits per heavy atom. The molecular weight excluding hydrogens is 690 g/mol. The van der Waals surface area contributed by atoms with Crippen molar-refractivity contribution in [1.29, 1.82) is 0 Å². The summed E-state index contributed by atoms with van der Waals surface area (Å²) in [4.78, 5) is 81.5. The number of aliphatic carboxylic acids is 1. The highest BCUT2D eigenvalue weighted by molar-refractivity contribution is 8.00. The van der Waals surface area contributed by atoms with Crippen LogP contribution >= 0.6 is 23.1 Å². The lowest BCUT2D eigenvalue weighted by atomic mass is 10.1. The molecule has 1 aromatic carbocycles. The molecule has 0 aliphatic carbocycles. The smallest absolute Gasteiger partial charge is 0.504 e. The van der Waals surface area contributed by atoms with Crippen LogP contribution in [0.2, 0.25) is 0 Å². The Balaban J connectivity index is 1.34. The zero-order chi connectivity index (χ0) is 35.8. The summed E-state index contributed by atoms with van der Waals surface area (Å²) < 4.78 is 4.95. The molecule has 20 nitrogen and oxygen atoms in total. The van der Waals surface area contributed by atoms with Gasteiger partial charge < -0.3 is 51.7 Å². The van der Waals surface area contributed by atoms with Crippen molar-refractivity contribution in [1.82, 2.24) is 30.5 Å². The number of β-lactam (4-membered cyclic amide) rings is 1. The van der Waals surface area contributed by atoms with Gasteiger partial charge in [-0.3, -0.25) is 19.3 Å². The molecule has 2 atom stereocenters. The number of carboxylic acids is 1. The van der Waals surface area contributed by atoms with E-state index in [9.17, 15) is 44.4 Å². The molecule has 0 saturated carbocycles. The third-order valence-corrected chi connectivity index (χ3v) is 9.01. The summed E-state index contributed by atoms with van der Waals surface area (Å²) in [6.07, 6.45) is -1.74. The number of nitrogens with zero attached hydrogens (tertiary/aromatic N) is 5. The molecule has 49 heavy (non-hydrogen) atoms. The van der Waals surface area contributed by atoms with E-state index in [4.69, 9.17) is 15.3 Å². The number of nitrogen functional groups attached to an aromatic ring is 1. The van der Waals surface area contributed by atoms with Crippen LogP contribution in [0.15, 0.2) is 34.1 Å². The average Bonchev–Trinajstić information content (AvgIpc) is 3.47. The molecule has 4 heterocycles. The van der Waals surface area contributed by atoms with Gasteiger partial charge in [0.1, 0.15) is 17.1 Å². The lowest BCUT2D eigenvalue weighted by Crippen LogP contribution is -2.70. The number of amides is 3. The van der Waals surface area contributed by atoms with Gasteiger partial charge in [-0.2, -0.15) is 0 Å². The number of ether oxygens (including phenoxy) is 1. The number of fused-ring (bicyclic) bond motifs is 2. The van der Waals surface area contributed by atoms with Crippen molar-refractivity contribution < 1.29 is 54.0 Å². The molecule has 5 rings (SSSR count). The van der Waals surface area contributed by atoms with Gasteiger partial charge in [-0.1, -0.05) is 5.16 Å². The van der Waals surface area contributed by atoms with E-state index in [2.05, 4.69) is 36.1 Å². The van der Waals surface area contributed by atoms with Crippen LogP contribution in [-0.2, 0) is 24.0 Å². The number of anilines is 2. The molecule has 22 heteroatoms. The molecule has 0 bridgehead atoms. The first-order valence-corrected chi connectivity index (χ1v) is 15.8. The molecular formula is C27H27N9O11S2. The van der Waals surface area contributed by atoms with Crippen molar-refractivity contribution >= 4 is 80.6 Å². The Labute approximate surface area is 283 Å². The lowest BCUT2D eigenvalue weighted by Gasteiger charge is -2.49. The van der Waals surface area contributed by atoms with Crippen molar-refractivity contribution in [2.45, 2.75) is 30.9 Å². The number of rotatable bonds is 11. The van der Waals surface area contributed by atoms with Gasteiger partial charge in [0.05, 0.1) is 11.0 Å². The number of carboxylic acid groups (broad SMARTS) is 2. The summed E-state index contributed by atoms with van der Waals surface area (Å²) in [6.45, 7) is 2.13. The Morgan fingerprint density at radius 2 is 1.80 bits per heavy atom. The molecule has 1 saturated heterocycles. The molecule has 1 fully saturated rings. The highest BCUT2D eigenvalue weighted by Gasteiger charge is 2.54. The first-order valence-electron chi connectivity index (χ1n) is 13.9. The van der Waals surface area contributed by atoms with Gasteiger partial charge in [-0.05, 0) is 13.8 Å². The van der Waals surface area contributed by atoms with Crippen molar-refractivity contribution in [2.24, 2.45) is 5.16 Å². The summed E-state index contributed by atoms with van der Waals surface area (Å²) in [5.41, 5.74) is 3.69. The van der Waals surface area contributed by atoms with Crippen LogP contribution in [0.1, 0.15) is 30.0 Å². The highest BCUT2D eigenvalue weighted by Crippen LogP contribution is 2.40. The SMILES string of the molecule is CNc1nc2cc(O)c(O)cc2nc1C(=O)NCC1=C(OC(=O)O)N2C(=O)C(NC(=O)/C(=N\OC(C)(C)C(=O)O)c3csc(N)n3)[C@@H]2SC1. The number of thioether (sulfide) groups is 1. The lowest BCUT2D eigenvalue weighted by molar-refractivity contribution is -0.161. The molecule has 258 valence electrons. The molecule has 2 aliphatic rings. The molecule has 2 aromatic heterocycles. The number of carbonyl (C=O) groups is 5. The van der Waals surface area contributed by atoms with Crippen LogP contribution in [0, 0.1) is 0 Å². The van der Waals surface area contributed by atoms with Gasteiger partial charge in [-0.25, -0.2) is 24.5 Å². The minimum Gasteiger partial charge on any atom is -0.504 e. The minimum atomic E-state index is -1.82. The largest absolute Gasteiger partial charge is 0.512 e. The number of phenolic OH excluding ortho intramolecular Hbond substituents is 2. The van der Waals surface area contributed by atoms with Gasteiger partial charge in [-0.15, -0.1) is 23.1 Å². The second-order valence-electron chi connectivity index (χ2n) is 10.7. The molecule has 0 spiro atoms. The first-order chi connectivity index (χ1) is 23.1. The third kappa shape index (κ3) is 6.89. The number of thiazole rings is 1. The average molecular weight is 718 g/mol. The second-order valence-corrected chi connectivity index (χ2v) is 12.7.